The van der Waals surface area contributed by atoms with Gasteiger partial charge < -0.3 is 14.1 Å². The summed E-state index contributed by atoms with van der Waals surface area (Å²) < 4.78 is 33.7. The average Bonchev–Trinajstić information content (AvgIpc) is 3.48. The summed E-state index contributed by atoms with van der Waals surface area (Å²) in [5, 5.41) is 0. The lowest BCUT2D eigenvalue weighted by Gasteiger charge is -2.26. The van der Waals surface area contributed by atoms with E-state index >= 15 is 0 Å². The first-order valence-electron chi connectivity index (χ1n) is 10.4. The van der Waals surface area contributed by atoms with Crippen molar-refractivity contribution in [1.29, 1.82) is 0 Å². The maximum Gasteiger partial charge on any atom is 0.338 e. The van der Waals surface area contributed by atoms with Crippen molar-refractivity contribution in [1.82, 2.24) is 9.80 Å². The Labute approximate surface area is 190 Å². The molecule has 0 saturated carbocycles. The molecule has 3 heterocycles. The van der Waals surface area contributed by atoms with Gasteiger partial charge in [-0.25, -0.2) is 13.2 Å². The molecule has 0 bridgehead atoms. The van der Waals surface area contributed by atoms with E-state index in [9.17, 15) is 27.6 Å². The topological polar surface area (TPSA) is 131 Å². The number of ether oxygens (including phenoxy) is 1. The molecule has 2 aliphatic heterocycles. The fourth-order valence-corrected chi connectivity index (χ4v) is 5.80. The summed E-state index contributed by atoms with van der Waals surface area (Å²) in [5.41, 5.74) is 0.256. The Morgan fingerprint density at radius 2 is 1.94 bits per heavy atom. The second-order valence-electron chi connectivity index (χ2n) is 7.85. The number of rotatable bonds is 7. The largest absolute Gasteiger partial charge is 0.467 e. The Morgan fingerprint density at radius 3 is 2.58 bits per heavy atom. The molecular formula is C22H22N2O8S. The summed E-state index contributed by atoms with van der Waals surface area (Å²) in [6.45, 7) is 1.43. The monoisotopic (exact) mass is 474 g/mol. The van der Waals surface area contributed by atoms with Gasteiger partial charge in [-0.2, -0.15) is 0 Å². The third kappa shape index (κ3) is 4.54. The van der Waals surface area contributed by atoms with E-state index in [1.165, 1.54) is 29.4 Å². The minimum atomic E-state index is -3.17. The van der Waals surface area contributed by atoms with E-state index < -0.39 is 46.2 Å². The molecule has 0 N–H and O–H groups in total. The average molecular weight is 474 g/mol. The van der Waals surface area contributed by atoms with E-state index in [-0.39, 0.29) is 41.3 Å². The number of fused-ring (bicyclic) bond motifs is 1. The SMILES string of the molecule is CCN(C(=O)COC(=O)c1ccc2c(c1)C(=O)N(Cc1ccco1)C2=O)C1CCS(=O)(=O)C1. The standard InChI is InChI=1S/C22H22N2O8S/c1-2-23(15-7-9-33(29,30)13-15)19(25)12-32-22(28)14-5-6-17-18(10-14)21(27)24(20(17)26)11-16-4-3-8-31-16/h3-6,8,10,15H,2,7,9,11-13H2,1H3. The molecule has 1 aromatic carbocycles. The number of benzene rings is 1. The van der Waals surface area contributed by atoms with Gasteiger partial charge in [0, 0.05) is 12.6 Å². The Bertz CT molecular complexity index is 1220. The van der Waals surface area contributed by atoms with Gasteiger partial charge in [-0.1, -0.05) is 0 Å². The number of likely N-dealkylation sites (N-methyl/N-ethyl adjacent to an activating group) is 1. The van der Waals surface area contributed by atoms with Gasteiger partial charge in [0.05, 0.1) is 41.0 Å². The normalized spacial score (nSPS) is 18.9. The molecule has 2 aromatic rings. The van der Waals surface area contributed by atoms with Crippen molar-refractivity contribution in [3.63, 3.8) is 0 Å². The van der Waals surface area contributed by atoms with Crippen LogP contribution in [0.2, 0.25) is 0 Å². The summed E-state index contributed by atoms with van der Waals surface area (Å²) in [6.07, 6.45) is 1.79. The molecule has 1 atom stereocenters. The lowest BCUT2D eigenvalue weighted by atomic mass is 10.1. The predicted molar refractivity (Wildman–Crippen MR) is 114 cm³/mol. The Morgan fingerprint density at radius 1 is 1.18 bits per heavy atom. The number of nitrogens with zero attached hydrogens (tertiary/aromatic N) is 2. The van der Waals surface area contributed by atoms with Crippen LogP contribution in [0, 0.1) is 0 Å². The molecule has 0 spiro atoms. The molecule has 0 aliphatic carbocycles. The lowest BCUT2D eigenvalue weighted by Crippen LogP contribution is -2.43. The van der Waals surface area contributed by atoms with Gasteiger partial charge in [0.15, 0.2) is 16.4 Å². The minimum Gasteiger partial charge on any atom is -0.467 e. The van der Waals surface area contributed by atoms with E-state index in [1.54, 1.807) is 19.1 Å². The van der Waals surface area contributed by atoms with Gasteiger partial charge in [-0.3, -0.25) is 19.3 Å². The van der Waals surface area contributed by atoms with E-state index in [1.807, 2.05) is 0 Å². The first-order valence-corrected chi connectivity index (χ1v) is 12.2. The van der Waals surface area contributed by atoms with E-state index in [4.69, 9.17) is 9.15 Å². The lowest BCUT2D eigenvalue weighted by molar-refractivity contribution is -0.136. The van der Waals surface area contributed by atoms with Crippen LogP contribution in [0.15, 0.2) is 41.0 Å². The molecule has 10 nitrogen and oxygen atoms in total. The highest BCUT2D eigenvalue weighted by Crippen LogP contribution is 2.26. The van der Waals surface area contributed by atoms with Crippen LogP contribution in [0.1, 0.15) is 50.2 Å². The molecule has 3 amide bonds. The Balaban J connectivity index is 1.41. The van der Waals surface area contributed by atoms with Crippen molar-refractivity contribution in [2.24, 2.45) is 0 Å². The highest BCUT2D eigenvalue weighted by molar-refractivity contribution is 7.91. The highest BCUT2D eigenvalue weighted by Gasteiger charge is 2.37. The molecule has 33 heavy (non-hydrogen) atoms. The van der Waals surface area contributed by atoms with Crippen molar-refractivity contribution in [2.45, 2.75) is 25.9 Å². The Kier molecular flexibility index (Phi) is 6.07. The van der Waals surface area contributed by atoms with Crippen molar-refractivity contribution < 1.29 is 36.7 Å². The number of hydrogen-bond acceptors (Lipinski definition) is 8. The van der Waals surface area contributed by atoms with Crippen LogP contribution in [-0.2, 0) is 25.9 Å². The molecule has 1 fully saturated rings. The van der Waals surface area contributed by atoms with Crippen molar-refractivity contribution in [2.75, 3.05) is 24.7 Å². The zero-order chi connectivity index (χ0) is 23.8. The summed E-state index contributed by atoms with van der Waals surface area (Å²) in [7, 11) is -3.17. The van der Waals surface area contributed by atoms with E-state index in [0.29, 0.717) is 12.2 Å². The van der Waals surface area contributed by atoms with Crippen LogP contribution in [-0.4, -0.2) is 72.6 Å². The zero-order valence-electron chi connectivity index (χ0n) is 17.9. The molecule has 11 heteroatoms. The summed E-state index contributed by atoms with van der Waals surface area (Å²) in [6, 6.07) is 6.85. The van der Waals surface area contributed by atoms with Gasteiger partial charge in [0.2, 0.25) is 0 Å². The first-order chi connectivity index (χ1) is 15.7. The summed E-state index contributed by atoms with van der Waals surface area (Å²) >= 11 is 0. The number of furan rings is 1. The van der Waals surface area contributed by atoms with Crippen LogP contribution in [0.4, 0.5) is 0 Å². The second kappa shape index (κ2) is 8.81. The van der Waals surface area contributed by atoms with E-state index in [2.05, 4.69) is 0 Å². The number of imide groups is 1. The fraction of sp³-hybridized carbons (Fsp3) is 0.364. The van der Waals surface area contributed by atoms with E-state index in [0.717, 1.165) is 4.90 Å². The third-order valence-corrected chi connectivity index (χ3v) is 7.49. The maximum atomic E-state index is 12.7. The van der Waals surface area contributed by atoms with Gasteiger partial charge >= 0.3 is 5.97 Å². The molecule has 2 aliphatic rings. The van der Waals surface area contributed by atoms with Gasteiger partial charge in [-0.15, -0.1) is 0 Å². The first kappa shape index (κ1) is 22.7. The molecule has 1 unspecified atom stereocenters. The zero-order valence-corrected chi connectivity index (χ0v) is 18.7. The number of amides is 3. The quantitative estimate of drug-likeness (QED) is 0.433. The van der Waals surface area contributed by atoms with Crippen molar-refractivity contribution in [3.05, 3.63) is 59.0 Å². The number of carbonyl (C=O) groups excluding carboxylic acids is 4. The molecule has 174 valence electrons. The number of carbonyl (C=O) groups is 4. The third-order valence-electron chi connectivity index (χ3n) is 5.74. The van der Waals surface area contributed by atoms with Crippen molar-refractivity contribution >= 4 is 33.5 Å². The molecule has 1 saturated heterocycles. The Hall–Kier alpha value is -3.47. The predicted octanol–water partition coefficient (Wildman–Crippen LogP) is 1.27. The molecular weight excluding hydrogens is 452 g/mol. The maximum absolute atomic E-state index is 12.7. The summed E-state index contributed by atoms with van der Waals surface area (Å²) in [4.78, 5) is 52.7. The molecule has 1 aromatic heterocycles. The smallest absolute Gasteiger partial charge is 0.338 e. The molecule has 4 rings (SSSR count). The van der Waals surface area contributed by atoms with Crippen LogP contribution >= 0.6 is 0 Å². The number of hydrogen-bond donors (Lipinski definition) is 0. The molecule has 0 radical (unpaired) electrons. The van der Waals surface area contributed by atoms with Gasteiger partial charge in [-0.05, 0) is 43.7 Å². The minimum absolute atomic E-state index is 0.0223. The van der Waals surface area contributed by atoms with Gasteiger partial charge in [0.1, 0.15) is 5.76 Å². The van der Waals surface area contributed by atoms with Crippen molar-refractivity contribution in [3.8, 4) is 0 Å². The fourth-order valence-electron chi connectivity index (χ4n) is 4.07. The van der Waals surface area contributed by atoms with Crippen LogP contribution in [0.3, 0.4) is 0 Å². The van der Waals surface area contributed by atoms with Crippen LogP contribution < -0.4 is 0 Å². The van der Waals surface area contributed by atoms with Gasteiger partial charge in [0.25, 0.3) is 17.7 Å². The van der Waals surface area contributed by atoms with Crippen LogP contribution in [0.25, 0.3) is 0 Å². The second-order valence-corrected chi connectivity index (χ2v) is 10.1. The highest BCUT2D eigenvalue weighted by atomic mass is 32.2. The van der Waals surface area contributed by atoms with Crippen LogP contribution in [0.5, 0.6) is 0 Å². The number of sulfone groups is 1. The number of esters is 1. The summed E-state index contributed by atoms with van der Waals surface area (Å²) in [5.74, 6) is -2.01.